The molecular weight excluding hydrogens is 344 g/mol. The molecule has 0 aromatic carbocycles. The quantitative estimate of drug-likeness (QED) is 0.707. The lowest BCUT2D eigenvalue weighted by atomic mass is 9.97. The van der Waals surface area contributed by atoms with E-state index in [4.69, 9.17) is 0 Å². The Morgan fingerprint density at radius 2 is 2.15 bits per heavy atom. The summed E-state index contributed by atoms with van der Waals surface area (Å²) in [5.41, 5.74) is 1.02. The molecule has 0 unspecified atom stereocenters. The summed E-state index contributed by atoms with van der Waals surface area (Å²) in [7, 11) is 0. The van der Waals surface area contributed by atoms with E-state index in [0.29, 0.717) is 6.54 Å². The standard InChI is InChI=1S/C20H22N4OS/c1-15-7-8-18(26-15)20(25)24-11-4-5-16(13-24)19-22-10-12-23(19)14-17-6-2-3-9-21-17/h2-3,6-10,12,16H,4-5,11,13-14H2,1H3/t16-/m0/s1. The summed E-state index contributed by atoms with van der Waals surface area (Å²) in [6, 6.07) is 9.91. The summed E-state index contributed by atoms with van der Waals surface area (Å²) in [4.78, 5) is 25.8. The van der Waals surface area contributed by atoms with Crippen LogP contribution in [-0.4, -0.2) is 38.4 Å². The van der Waals surface area contributed by atoms with Gasteiger partial charge in [-0.15, -0.1) is 11.3 Å². The van der Waals surface area contributed by atoms with Crippen LogP contribution in [-0.2, 0) is 6.54 Å². The lowest BCUT2D eigenvalue weighted by molar-refractivity contribution is 0.0708. The lowest BCUT2D eigenvalue weighted by Crippen LogP contribution is -2.39. The second-order valence-electron chi connectivity index (χ2n) is 6.74. The Bertz CT molecular complexity index is 886. The number of rotatable bonds is 4. The summed E-state index contributed by atoms with van der Waals surface area (Å²) < 4.78 is 2.16. The fraction of sp³-hybridized carbons (Fsp3) is 0.350. The molecule has 0 spiro atoms. The SMILES string of the molecule is Cc1ccc(C(=O)N2CCC[C@H](c3nccn3Cc3ccccn3)C2)s1. The molecule has 0 radical (unpaired) electrons. The topological polar surface area (TPSA) is 51.0 Å². The summed E-state index contributed by atoms with van der Waals surface area (Å²) in [6.45, 7) is 4.31. The third kappa shape index (κ3) is 3.55. The van der Waals surface area contributed by atoms with E-state index in [1.807, 2.05) is 60.7 Å². The minimum absolute atomic E-state index is 0.149. The predicted molar refractivity (Wildman–Crippen MR) is 103 cm³/mol. The van der Waals surface area contributed by atoms with E-state index < -0.39 is 0 Å². The number of thiophene rings is 1. The van der Waals surface area contributed by atoms with E-state index in [-0.39, 0.29) is 11.8 Å². The van der Waals surface area contributed by atoms with E-state index in [0.717, 1.165) is 42.3 Å². The molecule has 4 heterocycles. The predicted octanol–water partition coefficient (Wildman–Crippen LogP) is 3.72. The van der Waals surface area contributed by atoms with Gasteiger partial charge in [0.05, 0.1) is 17.1 Å². The average Bonchev–Trinajstić information content (AvgIpc) is 3.31. The van der Waals surface area contributed by atoms with Gasteiger partial charge in [0.25, 0.3) is 5.91 Å². The van der Waals surface area contributed by atoms with Crippen LogP contribution in [0.2, 0.25) is 0 Å². The molecule has 1 amide bonds. The van der Waals surface area contributed by atoms with E-state index >= 15 is 0 Å². The number of imidazole rings is 1. The highest BCUT2D eigenvalue weighted by Crippen LogP contribution is 2.28. The van der Waals surface area contributed by atoms with Crippen LogP contribution in [0.5, 0.6) is 0 Å². The first kappa shape index (κ1) is 17.0. The smallest absolute Gasteiger partial charge is 0.263 e. The van der Waals surface area contributed by atoms with Gasteiger partial charge in [0.15, 0.2) is 0 Å². The van der Waals surface area contributed by atoms with Gasteiger partial charge >= 0.3 is 0 Å². The fourth-order valence-corrected chi connectivity index (χ4v) is 4.39. The molecule has 1 saturated heterocycles. The van der Waals surface area contributed by atoms with Crippen LogP contribution in [0.1, 0.15) is 44.8 Å². The van der Waals surface area contributed by atoms with Crippen LogP contribution in [0.25, 0.3) is 0 Å². The van der Waals surface area contributed by atoms with Gasteiger partial charge in [-0.1, -0.05) is 6.07 Å². The number of aromatic nitrogens is 3. The third-order valence-electron chi connectivity index (χ3n) is 4.83. The Kier molecular flexibility index (Phi) is 4.84. The van der Waals surface area contributed by atoms with Crippen molar-refractivity contribution in [3.8, 4) is 0 Å². The number of aryl methyl sites for hydroxylation is 1. The number of hydrogen-bond donors (Lipinski definition) is 0. The van der Waals surface area contributed by atoms with Gasteiger partial charge in [-0.3, -0.25) is 9.78 Å². The molecule has 134 valence electrons. The Hall–Kier alpha value is -2.47. The molecule has 6 heteroatoms. The van der Waals surface area contributed by atoms with Gasteiger partial charge in [-0.2, -0.15) is 0 Å². The molecule has 1 fully saturated rings. The molecular formula is C20H22N4OS. The fourth-order valence-electron chi connectivity index (χ4n) is 3.56. The summed E-state index contributed by atoms with van der Waals surface area (Å²) in [5, 5.41) is 0. The highest BCUT2D eigenvalue weighted by atomic mass is 32.1. The maximum atomic E-state index is 12.8. The molecule has 3 aromatic rings. The Labute approximate surface area is 157 Å². The number of likely N-dealkylation sites (tertiary alicyclic amines) is 1. The van der Waals surface area contributed by atoms with Crippen molar-refractivity contribution in [3.05, 3.63) is 70.2 Å². The van der Waals surface area contributed by atoms with Crippen LogP contribution in [0, 0.1) is 6.92 Å². The maximum Gasteiger partial charge on any atom is 0.263 e. The van der Waals surface area contributed by atoms with Crippen molar-refractivity contribution in [1.29, 1.82) is 0 Å². The molecule has 1 aliphatic rings. The van der Waals surface area contributed by atoms with Gasteiger partial charge in [0.2, 0.25) is 0 Å². The molecule has 26 heavy (non-hydrogen) atoms. The number of carbonyl (C=O) groups excluding carboxylic acids is 1. The Morgan fingerprint density at radius 1 is 1.23 bits per heavy atom. The van der Waals surface area contributed by atoms with Crippen molar-refractivity contribution in [2.45, 2.75) is 32.2 Å². The van der Waals surface area contributed by atoms with Crippen LogP contribution < -0.4 is 0 Å². The van der Waals surface area contributed by atoms with Crippen molar-refractivity contribution in [2.75, 3.05) is 13.1 Å². The van der Waals surface area contributed by atoms with Gasteiger partial charge in [0.1, 0.15) is 5.82 Å². The van der Waals surface area contributed by atoms with Crippen LogP contribution >= 0.6 is 11.3 Å². The number of pyridine rings is 1. The van der Waals surface area contributed by atoms with Gasteiger partial charge in [-0.25, -0.2) is 4.98 Å². The number of carbonyl (C=O) groups is 1. The lowest BCUT2D eigenvalue weighted by Gasteiger charge is -2.32. The number of hydrogen-bond acceptors (Lipinski definition) is 4. The monoisotopic (exact) mass is 366 g/mol. The van der Waals surface area contributed by atoms with Crippen LogP contribution in [0.4, 0.5) is 0 Å². The van der Waals surface area contributed by atoms with Crippen molar-refractivity contribution < 1.29 is 4.79 Å². The van der Waals surface area contributed by atoms with E-state index in [9.17, 15) is 4.79 Å². The van der Waals surface area contributed by atoms with E-state index in [1.54, 1.807) is 11.3 Å². The molecule has 3 aromatic heterocycles. The molecule has 4 rings (SSSR count). The third-order valence-corrected chi connectivity index (χ3v) is 5.82. The first-order valence-corrected chi connectivity index (χ1v) is 9.79. The molecule has 5 nitrogen and oxygen atoms in total. The van der Waals surface area contributed by atoms with Crippen molar-refractivity contribution in [3.63, 3.8) is 0 Å². The highest BCUT2D eigenvalue weighted by molar-refractivity contribution is 7.13. The first-order chi connectivity index (χ1) is 12.7. The van der Waals surface area contributed by atoms with Crippen molar-refractivity contribution >= 4 is 17.2 Å². The van der Waals surface area contributed by atoms with Gasteiger partial charge in [0, 0.05) is 42.5 Å². The average molecular weight is 366 g/mol. The zero-order chi connectivity index (χ0) is 17.9. The molecule has 0 N–H and O–H groups in total. The zero-order valence-corrected chi connectivity index (χ0v) is 15.7. The van der Waals surface area contributed by atoms with E-state index in [2.05, 4.69) is 14.5 Å². The van der Waals surface area contributed by atoms with Crippen molar-refractivity contribution in [2.24, 2.45) is 0 Å². The van der Waals surface area contributed by atoms with Crippen molar-refractivity contribution in [1.82, 2.24) is 19.4 Å². The summed E-state index contributed by atoms with van der Waals surface area (Å²) >= 11 is 1.57. The Morgan fingerprint density at radius 3 is 2.92 bits per heavy atom. The minimum atomic E-state index is 0.149. The molecule has 0 saturated carbocycles. The molecule has 1 atom stereocenters. The minimum Gasteiger partial charge on any atom is -0.337 e. The molecule has 1 aliphatic heterocycles. The van der Waals surface area contributed by atoms with Crippen LogP contribution in [0.15, 0.2) is 48.9 Å². The summed E-state index contributed by atoms with van der Waals surface area (Å²) in [6.07, 6.45) is 7.74. The second-order valence-corrected chi connectivity index (χ2v) is 8.02. The largest absolute Gasteiger partial charge is 0.337 e. The highest BCUT2D eigenvalue weighted by Gasteiger charge is 2.28. The molecule has 0 aliphatic carbocycles. The Balaban J connectivity index is 1.50. The first-order valence-electron chi connectivity index (χ1n) is 8.97. The second kappa shape index (κ2) is 7.41. The van der Waals surface area contributed by atoms with Gasteiger partial charge in [-0.05, 0) is 44.0 Å². The zero-order valence-electron chi connectivity index (χ0n) is 14.8. The molecule has 0 bridgehead atoms. The maximum absolute atomic E-state index is 12.8. The van der Waals surface area contributed by atoms with E-state index in [1.165, 1.54) is 4.88 Å². The number of nitrogens with zero attached hydrogens (tertiary/aromatic N) is 4. The number of amides is 1. The van der Waals surface area contributed by atoms with Gasteiger partial charge < -0.3 is 9.47 Å². The summed E-state index contributed by atoms with van der Waals surface area (Å²) in [5.74, 6) is 1.47. The van der Waals surface area contributed by atoms with Crippen LogP contribution in [0.3, 0.4) is 0 Å². The number of piperidine rings is 1. The normalized spacial score (nSPS) is 17.4.